The van der Waals surface area contributed by atoms with E-state index in [9.17, 15) is 0 Å². The summed E-state index contributed by atoms with van der Waals surface area (Å²) in [5, 5.41) is 9.17. The molecule has 0 aliphatic carbocycles. The van der Waals surface area contributed by atoms with E-state index in [0.717, 1.165) is 18.4 Å². The molecule has 0 heterocycles. The Morgan fingerprint density at radius 2 is 1.85 bits per heavy atom. The van der Waals surface area contributed by atoms with Gasteiger partial charge in [0, 0.05) is 0 Å². The molecular formula is C12H14N. The molecule has 0 bridgehead atoms. The summed E-state index contributed by atoms with van der Waals surface area (Å²) in [6.45, 7) is 4.12. The molecule has 0 aromatic heterocycles. The zero-order chi connectivity index (χ0) is 9.73. The van der Waals surface area contributed by atoms with Crippen LogP contribution in [0, 0.1) is 17.4 Å². The molecule has 1 radical (unpaired) electrons. The molecule has 0 saturated heterocycles. The summed E-state index contributed by atoms with van der Waals surface area (Å²) in [4.78, 5) is 0. The highest BCUT2D eigenvalue weighted by molar-refractivity contribution is 5.31. The van der Waals surface area contributed by atoms with Crippen molar-refractivity contribution in [3.8, 4) is 6.07 Å². The van der Waals surface area contributed by atoms with E-state index in [4.69, 9.17) is 5.26 Å². The van der Waals surface area contributed by atoms with Gasteiger partial charge in [0.1, 0.15) is 0 Å². The predicted octanol–water partition coefficient (Wildman–Crippen LogP) is 3.07. The number of benzene rings is 1. The van der Waals surface area contributed by atoms with Crippen LogP contribution in [0.2, 0.25) is 0 Å². The molecule has 13 heavy (non-hydrogen) atoms. The van der Waals surface area contributed by atoms with Crippen LogP contribution >= 0.6 is 0 Å². The van der Waals surface area contributed by atoms with Crippen molar-refractivity contribution in [3.05, 3.63) is 35.9 Å². The molecule has 0 unspecified atom stereocenters. The minimum Gasteiger partial charge on any atom is -0.197 e. The molecule has 0 aliphatic rings. The van der Waals surface area contributed by atoms with Gasteiger partial charge in [0.25, 0.3) is 0 Å². The van der Waals surface area contributed by atoms with E-state index in [0.29, 0.717) is 0 Å². The van der Waals surface area contributed by atoms with Crippen LogP contribution in [0.4, 0.5) is 0 Å². The second kappa shape index (κ2) is 4.09. The lowest BCUT2D eigenvalue weighted by Gasteiger charge is -2.23. The molecule has 0 saturated carbocycles. The lowest BCUT2D eigenvalue weighted by molar-refractivity contribution is 0.511. The van der Waals surface area contributed by atoms with Gasteiger partial charge in [-0.2, -0.15) is 5.26 Å². The quantitative estimate of drug-likeness (QED) is 0.687. The van der Waals surface area contributed by atoms with Gasteiger partial charge in [0.15, 0.2) is 0 Å². The Bertz CT molecular complexity index is 291. The first-order valence-electron chi connectivity index (χ1n) is 4.67. The molecule has 67 valence electrons. The largest absolute Gasteiger partial charge is 0.197 e. The Kier molecular flexibility index (Phi) is 3.08. The van der Waals surface area contributed by atoms with Crippen molar-refractivity contribution in [2.45, 2.75) is 32.1 Å². The zero-order valence-corrected chi connectivity index (χ0v) is 8.17. The minimum atomic E-state index is -0.297. The molecule has 1 nitrogen and oxygen atoms in total. The number of nitriles is 1. The fourth-order valence-corrected chi connectivity index (χ4v) is 1.59. The van der Waals surface area contributed by atoms with Crippen LogP contribution in [0.3, 0.4) is 0 Å². The van der Waals surface area contributed by atoms with Crippen LogP contribution in [0.1, 0.15) is 32.3 Å². The average Bonchev–Trinajstić information content (AvgIpc) is 2.23. The van der Waals surface area contributed by atoms with Crippen molar-refractivity contribution in [3.63, 3.8) is 0 Å². The average molecular weight is 172 g/mol. The van der Waals surface area contributed by atoms with E-state index >= 15 is 0 Å². The van der Waals surface area contributed by atoms with E-state index < -0.39 is 0 Å². The molecule has 1 heteroatoms. The molecule has 1 aromatic rings. The first kappa shape index (κ1) is 9.80. The summed E-state index contributed by atoms with van der Waals surface area (Å²) < 4.78 is 0. The monoisotopic (exact) mass is 172 g/mol. The zero-order valence-electron chi connectivity index (χ0n) is 8.17. The molecule has 1 rings (SSSR count). The molecule has 0 fully saturated rings. The van der Waals surface area contributed by atoms with Gasteiger partial charge in [0.2, 0.25) is 0 Å². The Morgan fingerprint density at radius 1 is 1.31 bits per heavy atom. The summed E-state index contributed by atoms with van der Waals surface area (Å²) in [6.07, 6.45) is 1.73. The van der Waals surface area contributed by atoms with Gasteiger partial charge < -0.3 is 0 Å². The van der Waals surface area contributed by atoms with E-state index in [-0.39, 0.29) is 5.41 Å². The summed E-state index contributed by atoms with van der Waals surface area (Å²) in [5.41, 5.74) is 0.813. The van der Waals surface area contributed by atoms with Crippen molar-refractivity contribution in [1.29, 1.82) is 5.26 Å². The molecule has 0 spiro atoms. The molecule has 0 atom stereocenters. The first-order chi connectivity index (χ1) is 6.29. The standard InChI is InChI=1S/C12H14N/c1-3-12(4-2,10-13)11-8-6-5-7-9-11/h6-9H,3-4H2,1-2H3. The van der Waals surface area contributed by atoms with Gasteiger partial charge in [0.05, 0.1) is 11.5 Å². The maximum absolute atomic E-state index is 9.17. The molecule has 0 aliphatic heterocycles. The second-order valence-corrected chi connectivity index (χ2v) is 3.19. The van der Waals surface area contributed by atoms with Crippen molar-refractivity contribution < 1.29 is 0 Å². The molecule has 0 N–H and O–H groups in total. The maximum atomic E-state index is 9.17. The van der Waals surface area contributed by atoms with Crippen molar-refractivity contribution in [1.82, 2.24) is 0 Å². The van der Waals surface area contributed by atoms with Crippen LogP contribution in [-0.4, -0.2) is 0 Å². The van der Waals surface area contributed by atoms with Crippen LogP contribution < -0.4 is 0 Å². The second-order valence-electron chi connectivity index (χ2n) is 3.19. The summed E-state index contributed by atoms with van der Waals surface area (Å²) in [5.74, 6) is 0. The van der Waals surface area contributed by atoms with Crippen LogP contribution in [0.25, 0.3) is 0 Å². The Hall–Kier alpha value is -1.29. The van der Waals surface area contributed by atoms with Crippen molar-refractivity contribution >= 4 is 0 Å². The third-order valence-electron chi connectivity index (χ3n) is 2.69. The van der Waals surface area contributed by atoms with Gasteiger partial charge in [-0.1, -0.05) is 38.1 Å². The fraction of sp³-hybridized carbons (Fsp3) is 0.417. The van der Waals surface area contributed by atoms with Gasteiger partial charge in [-0.25, -0.2) is 0 Å². The SMILES string of the molecule is CCC(C#N)(CC)c1cc[c]cc1. The van der Waals surface area contributed by atoms with Crippen LogP contribution in [0.5, 0.6) is 0 Å². The van der Waals surface area contributed by atoms with Crippen molar-refractivity contribution in [2.24, 2.45) is 0 Å². The van der Waals surface area contributed by atoms with E-state index in [1.54, 1.807) is 0 Å². The lowest BCUT2D eigenvalue weighted by Crippen LogP contribution is -2.21. The summed E-state index contributed by atoms with van der Waals surface area (Å²) >= 11 is 0. The Labute approximate surface area is 80.0 Å². The van der Waals surface area contributed by atoms with Gasteiger partial charge >= 0.3 is 0 Å². The topological polar surface area (TPSA) is 23.8 Å². The van der Waals surface area contributed by atoms with E-state index in [1.165, 1.54) is 0 Å². The summed E-state index contributed by atoms with van der Waals surface area (Å²) in [7, 11) is 0. The van der Waals surface area contributed by atoms with Gasteiger partial charge in [-0.15, -0.1) is 0 Å². The van der Waals surface area contributed by atoms with Crippen molar-refractivity contribution in [2.75, 3.05) is 0 Å². The molecular weight excluding hydrogens is 158 g/mol. The smallest absolute Gasteiger partial charge is 0.0817 e. The highest BCUT2D eigenvalue weighted by atomic mass is 14.4. The molecule has 0 amide bonds. The maximum Gasteiger partial charge on any atom is 0.0817 e. The first-order valence-corrected chi connectivity index (χ1v) is 4.67. The Balaban J connectivity index is 3.10. The van der Waals surface area contributed by atoms with Gasteiger partial charge in [-0.3, -0.25) is 0 Å². The lowest BCUT2D eigenvalue weighted by atomic mass is 9.77. The minimum absolute atomic E-state index is 0.297. The highest BCUT2D eigenvalue weighted by Gasteiger charge is 2.27. The van der Waals surface area contributed by atoms with Crippen LogP contribution in [-0.2, 0) is 5.41 Å². The normalized spacial score (nSPS) is 10.8. The van der Waals surface area contributed by atoms with E-state index in [1.807, 2.05) is 24.3 Å². The molecule has 1 aromatic carbocycles. The van der Waals surface area contributed by atoms with Gasteiger partial charge in [-0.05, 0) is 24.5 Å². The highest BCUT2D eigenvalue weighted by Crippen LogP contribution is 2.30. The number of hydrogen-bond donors (Lipinski definition) is 0. The number of hydrogen-bond acceptors (Lipinski definition) is 1. The van der Waals surface area contributed by atoms with Crippen LogP contribution in [0.15, 0.2) is 24.3 Å². The third kappa shape index (κ3) is 1.72. The third-order valence-corrected chi connectivity index (χ3v) is 2.69. The van der Waals surface area contributed by atoms with E-state index in [2.05, 4.69) is 26.0 Å². The number of nitrogens with zero attached hydrogens (tertiary/aromatic N) is 1. The predicted molar refractivity (Wildman–Crippen MR) is 53.2 cm³/mol. The fourth-order valence-electron chi connectivity index (χ4n) is 1.59. The number of rotatable bonds is 3. The summed E-state index contributed by atoms with van der Waals surface area (Å²) in [6, 6.07) is 13.1. The Morgan fingerprint density at radius 3 is 2.23 bits per heavy atom.